The predicted octanol–water partition coefficient (Wildman–Crippen LogP) is 3.33. The van der Waals surface area contributed by atoms with Crippen LogP contribution in [-0.4, -0.2) is 70.0 Å². The number of aliphatic hydroxyl groups excluding tert-OH is 3. The van der Waals surface area contributed by atoms with Crippen LogP contribution in [0.15, 0.2) is 42.6 Å². The van der Waals surface area contributed by atoms with Crippen molar-refractivity contribution in [3.05, 3.63) is 75.1 Å². The molecule has 5 atom stereocenters. The topological polar surface area (TPSA) is 131 Å². The van der Waals surface area contributed by atoms with Crippen LogP contribution in [0, 0.1) is 12.7 Å². The van der Waals surface area contributed by atoms with Gasteiger partial charge in [-0.1, -0.05) is 46.1 Å². The zero-order valence-electron chi connectivity index (χ0n) is 19.1. The third kappa shape index (κ3) is 4.84. The van der Waals surface area contributed by atoms with Gasteiger partial charge < -0.3 is 20.1 Å². The third-order valence-electron chi connectivity index (χ3n) is 6.05. The molecule has 10 nitrogen and oxygen atoms in total. The molecule has 0 aliphatic carbocycles. The summed E-state index contributed by atoms with van der Waals surface area (Å²) < 4.78 is 22.5. The van der Waals surface area contributed by atoms with Gasteiger partial charge in [0.05, 0.1) is 28.5 Å². The van der Waals surface area contributed by atoms with Gasteiger partial charge >= 0.3 is 0 Å². The van der Waals surface area contributed by atoms with Crippen LogP contribution in [0.25, 0.3) is 16.9 Å². The van der Waals surface area contributed by atoms with Crippen molar-refractivity contribution in [2.45, 2.75) is 37.4 Å². The van der Waals surface area contributed by atoms with Gasteiger partial charge in [0, 0.05) is 10.6 Å². The van der Waals surface area contributed by atoms with Crippen LogP contribution in [0.2, 0.25) is 15.1 Å². The molecule has 1 aliphatic heterocycles. The maximum absolute atomic E-state index is 14.0. The van der Waals surface area contributed by atoms with E-state index in [-0.39, 0.29) is 16.5 Å². The fourth-order valence-electron chi connectivity index (χ4n) is 4.28. The van der Waals surface area contributed by atoms with Crippen molar-refractivity contribution in [3.8, 4) is 16.9 Å². The number of benzene rings is 2. The summed E-state index contributed by atoms with van der Waals surface area (Å²) in [4.78, 5) is 4.43. The summed E-state index contributed by atoms with van der Waals surface area (Å²) in [5.74, 6) is -0.0999. The Bertz CT molecular complexity index is 1450. The second kappa shape index (κ2) is 10.3. The second-order valence-electron chi connectivity index (χ2n) is 8.49. The van der Waals surface area contributed by atoms with E-state index in [9.17, 15) is 19.7 Å². The third-order valence-corrected chi connectivity index (χ3v) is 6.91. The Kier molecular flexibility index (Phi) is 7.20. The van der Waals surface area contributed by atoms with Crippen molar-refractivity contribution in [2.75, 3.05) is 6.61 Å². The molecule has 0 radical (unpaired) electrons. The number of hydrogen-bond acceptors (Lipinski definition) is 8. The van der Waals surface area contributed by atoms with Crippen molar-refractivity contribution < 1.29 is 24.4 Å². The molecule has 0 saturated carbocycles. The van der Waals surface area contributed by atoms with Gasteiger partial charge in [-0.05, 0) is 37.3 Å². The molecule has 2 aromatic heterocycles. The number of halogens is 4. The van der Waals surface area contributed by atoms with E-state index in [1.165, 1.54) is 27.7 Å². The Morgan fingerprint density at radius 2 is 1.81 bits per heavy atom. The number of aromatic nitrogens is 6. The first-order valence-electron chi connectivity index (χ1n) is 11.1. The Morgan fingerprint density at radius 3 is 2.54 bits per heavy atom. The summed E-state index contributed by atoms with van der Waals surface area (Å²) in [5, 5.41) is 45.5. The lowest BCUT2D eigenvalue weighted by Crippen LogP contribution is -2.53. The molecule has 3 heterocycles. The van der Waals surface area contributed by atoms with Gasteiger partial charge in [-0.25, -0.2) is 18.7 Å². The molecule has 37 heavy (non-hydrogen) atoms. The molecule has 1 fully saturated rings. The zero-order valence-corrected chi connectivity index (χ0v) is 21.3. The van der Waals surface area contributed by atoms with Gasteiger partial charge in [0.25, 0.3) is 0 Å². The predicted molar refractivity (Wildman–Crippen MR) is 132 cm³/mol. The molecular formula is C23H20Cl3FN6O4. The minimum absolute atomic E-state index is 0.0424. The highest BCUT2D eigenvalue weighted by Crippen LogP contribution is 2.39. The van der Waals surface area contributed by atoms with Crippen molar-refractivity contribution in [1.82, 2.24) is 29.8 Å². The number of aryl methyl sites for hydroxylation is 1. The second-order valence-corrected chi connectivity index (χ2v) is 9.74. The first-order chi connectivity index (χ1) is 17.7. The van der Waals surface area contributed by atoms with Gasteiger partial charge in [-0.2, -0.15) is 5.10 Å². The molecule has 0 unspecified atom stereocenters. The van der Waals surface area contributed by atoms with Crippen LogP contribution < -0.4 is 0 Å². The summed E-state index contributed by atoms with van der Waals surface area (Å²) >= 11 is 18.3. The van der Waals surface area contributed by atoms with E-state index < -0.39 is 42.9 Å². The van der Waals surface area contributed by atoms with Crippen LogP contribution >= 0.6 is 34.8 Å². The van der Waals surface area contributed by atoms with E-state index >= 15 is 0 Å². The Morgan fingerprint density at radius 1 is 1.05 bits per heavy atom. The fourth-order valence-corrected chi connectivity index (χ4v) is 4.76. The molecule has 14 heteroatoms. The number of aliphatic hydroxyl groups is 3. The molecule has 0 amide bonds. The van der Waals surface area contributed by atoms with Gasteiger partial charge in [0.1, 0.15) is 47.8 Å². The van der Waals surface area contributed by atoms with Gasteiger partial charge in [0.15, 0.2) is 5.82 Å². The molecule has 1 saturated heterocycles. The van der Waals surface area contributed by atoms with E-state index in [1.54, 1.807) is 31.2 Å². The van der Waals surface area contributed by atoms with E-state index in [0.29, 0.717) is 27.1 Å². The van der Waals surface area contributed by atoms with Crippen molar-refractivity contribution >= 4 is 34.8 Å². The summed E-state index contributed by atoms with van der Waals surface area (Å²) in [7, 11) is 0. The SMILES string of the molecule is Cc1nc([C@@H]2O[C@H](CO)[C@H](O)[C@H](n3cc(-c4ccc(Cl)c(F)c4)nn3)[C@H]2O)n(-c2cc(Cl)ccc2Cl)n1. The molecule has 194 valence electrons. The lowest BCUT2D eigenvalue weighted by molar-refractivity contribution is -0.210. The van der Waals surface area contributed by atoms with Crippen molar-refractivity contribution in [3.63, 3.8) is 0 Å². The molecule has 1 aliphatic rings. The maximum atomic E-state index is 14.0. The Hall–Kier alpha value is -2.64. The summed E-state index contributed by atoms with van der Waals surface area (Å²) in [6.45, 7) is 1.09. The highest BCUT2D eigenvalue weighted by molar-refractivity contribution is 6.34. The summed E-state index contributed by atoms with van der Waals surface area (Å²) in [6.07, 6.45) is -3.63. The fraction of sp³-hybridized carbons (Fsp3) is 0.304. The normalized spacial score (nSPS) is 23.9. The van der Waals surface area contributed by atoms with Gasteiger partial charge in [-0.3, -0.25) is 0 Å². The number of nitrogens with zero attached hydrogens (tertiary/aromatic N) is 6. The van der Waals surface area contributed by atoms with Crippen LogP contribution in [0.4, 0.5) is 4.39 Å². The average molecular weight is 570 g/mol. The van der Waals surface area contributed by atoms with Crippen LogP contribution in [0.1, 0.15) is 23.8 Å². The Balaban J connectivity index is 1.55. The lowest BCUT2D eigenvalue weighted by atomic mass is 9.92. The molecule has 0 bridgehead atoms. The molecular weight excluding hydrogens is 550 g/mol. The molecule has 3 N–H and O–H groups in total. The van der Waals surface area contributed by atoms with E-state index in [4.69, 9.17) is 39.5 Å². The molecule has 5 rings (SSSR count). The number of hydrogen-bond donors (Lipinski definition) is 3. The maximum Gasteiger partial charge on any atom is 0.164 e. The van der Waals surface area contributed by atoms with E-state index in [0.717, 1.165) is 0 Å². The summed E-state index contributed by atoms with van der Waals surface area (Å²) in [6, 6.07) is 7.83. The monoisotopic (exact) mass is 568 g/mol. The quantitative estimate of drug-likeness (QED) is 0.334. The van der Waals surface area contributed by atoms with E-state index in [2.05, 4.69) is 20.4 Å². The van der Waals surface area contributed by atoms with Gasteiger partial charge in [0.2, 0.25) is 0 Å². The largest absolute Gasteiger partial charge is 0.394 e. The van der Waals surface area contributed by atoms with E-state index in [1.807, 2.05) is 0 Å². The average Bonchev–Trinajstić information content (AvgIpc) is 3.50. The summed E-state index contributed by atoms with van der Waals surface area (Å²) in [5.41, 5.74) is 1.07. The standard InChI is InChI=1S/C23H20Cl3FN6O4/c1-10-28-23(33(30-10)17-7-12(24)3-5-14(17)26)22-21(36)19(20(35)18(9-34)37-22)32-8-16(29-31-32)11-2-4-13(25)15(27)6-11/h2-8,18-22,34-36H,9H2,1H3/t18-,19+,20+,21-,22-/m1/s1. The van der Waals surface area contributed by atoms with Crippen molar-refractivity contribution in [1.29, 1.82) is 0 Å². The van der Waals surface area contributed by atoms with Crippen LogP contribution in [0.5, 0.6) is 0 Å². The van der Waals surface area contributed by atoms with Crippen LogP contribution in [-0.2, 0) is 4.74 Å². The Labute approximate surface area is 224 Å². The highest BCUT2D eigenvalue weighted by Gasteiger charge is 2.48. The smallest absolute Gasteiger partial charge is 0.164 e. The number of ether oxygens (including phenoxy) is 1. The first-order valence-corrected chi connectivity index (χ1v) is 12.2. The highest BCUT2D eigenvalue weighted by atomic mass is 35.5. The molecule has 0 spiro atoms. The zero-order chi connectivity index (χ0) is 26.4. The van der Waals surface area contributed by atoms with Crippen molar-refractivity contribution in [2.24, 2.45) is 0 Å². The minimum Gasteiger partial charge on any atom is -0.394 e. The lowest BCUT2D eigenvalue weighted by Gasteiger charge is -2.41. The molecule has 4 aromatic rings. The molecule has 2 aromatic carbocycles. The van der Waals surface area contributed by atoms with Crippen LogP contribution in [0.3, 0.4) is 0 Å². The number of rotatable bonds is 5. The van der Waals surface area contributed by atoms with Gasteiger partial charge in [-0.15, -0.1) is 5.10 Å². The first kappa shape index (κ1) is 26.0. The minimum atomic E-state index is -1.42.